The van der Waals surface area contributed by atoms with Crippen molar-refractivity contribution in [3.8, 4) is 0 Å². The zero-order valence-corrected chi connectivity index (χ0v) is 15.2. The van der Waals surface area contributed by atoms with Gasteiger partial charge in [0, 0.05) is 32.8 Å². The number of carbonyl (C=O) groups is 1. The fourth-order valence-electron chi connectivity index (χ4n) is 3.23. The predicted molar refractivity (Wildman–Crippen MR) is 96.8 cm³/mol. The van der Waals surface area contributed by atoms with Crippen LogP contribution >= 0.6 is 0 Å². The van der Waals surface area contributed by atoms with Gasteiger partial charge < -0.3 is 20.3 Å². The molecule has 1 aromatic rings. The lowest BCUT2D eigenvalue weighted by Gasteiger charge is -2.35. The SMILES string of the molecule is COCc1ccccc1CNC(=O)NC[C@@H]1CCCN(C(C)C)C1. The summed E-state index contributed by atoms with van der Waals surface area (Å²) in [6.45, 7) is 8.56. The summed E-state index contributed by atoms with van der Waals surface area (Å²) < 4.78 is 5.20. The second kappa shape index (κ2) is 9.64. The van der Waals surface area contributed by atoms with Gasteiger partial charge in [0.05, 0.1) is 6.61 Å². The molecule has 1 atom stereocenters. The van der Waals surface area contributed by atoms with Crippen LogP contribution in [-0.2, 0) is 17.9 Å². The fraction of sp³-hybridized carbons (Fsp3) is 0.632. The molecule has 0 aromatic heterocycles. The molecule has 2 amide bonds. The molecular weight excluding hydrogens is 302 g/mol. The number of likely N-dealkylation sites (tertiary alicyclic amines) is 1. The Labute approximate surface area is 145 Å². The summed E-state index contributed by atoms with van der Waals surface area (Å²) in [5.41, 5.74) is 2.21. The molecule has 0 spiro atoms. The van der Waals surface area contributed by atoms with Crippen LogP contribution in [0.5, 0.6) is 0 Å². The van der Waals surface area contributed by atoms with Crippen molar-refractivity contribution in [1.82, 2.24) is 15.5 Å². The van der Waals surface area contributed by atoms with Crippen LogP contribution in [0.4, 0.5) is 4.79 Å². The van der Waals surface area contributed by atoms with Crippen LogP contribution in [-0.4, -0.2) is 43.7 Å². The molecule has 0 unspecified atom stereocenters. The Kier molecular flexibility index (Phi) is 7.53. The minimum absolute atomic E-state index is 0.0936. The molecule has 1 aliphatic rings. The van der Waals surface area contributed by atoms with Gasteiger partial charge in [-0.3, -0.25) is 0 Å². The monoisotopic (exact) mass is 333 g/mol. The molecule has 1 aliphatic heterocycles. The summed E-state index contributed by atoms with van der Waals surface area (Å²) in [5, 5.41) is 5.98. The first-order chi connectivity index (χ1) is 11.6. The molecule has 1 heterocycles. The maximum Gasteiger partial charge on any atom is 0.315 e. The van der Waals surface area contributed by atoms with E-state index < -0.39 is 0 Å². The van der Waals surface area contributed by atoms with Crippen molar-refractivity contribution in [3.63, 3.8) is 0 Å². The maximum atomic E-state index is 12.1. The van der Waals surface area contributed by atoms with Gasteiger partial charge in [-0.05, 0) is 50.3 Å². The number of piperidine rings is 1. The highest BCUT2D eigenvalue weighted by Crippen LogP contribution is 2.17. The number of benzene rings is 1. The van der Waals surface area contributed by atoms with Gasteiger partial charge in [-0.25, -0.2) is 4.79 Å². The number of amides is 2. The molecule has 0 saturated carbocycles. The third kappa shape index (κ3) is 5.80. The molecule has 0 bridgehead atoms. The van der Waals surface area contributed by atoms with Gasteiger partial charge in [-0.1, -0.05) is 24.3 Å². The van der Waals surface area contributed by atoms with Gasteiger partial charge in [0.15, 0.2) is 0 Å². The first-order valence-electron chi connectivity index (χ1n) is 8.91. The zero-order chi connectivity index (χ0) is 17.4. The Balaban J connectivity index is 1.74. The minimum atomic E-state index is -0.0936. The first kappa shape index (κ1) is 18.7. The van der Waals surface area contributed by atoms with E-state index in [9.17, 15) is 4.79 Å². The van der Waals surface area contributed by atoms with Crippen LogP contribution in [0.15, 0.2) is 24.3 Å². The number of hydrogen-bond donors (Lipinski definition) is 2. The number of ether oxygens (including phenoxy) is 1. The van der Waals surface area contributed by atoms with E-state index in [1.807, 2.05) is 24.3 Å². The molecule has 5 nitrogen and oxygen atoms in total. The molecule has 0 radical (unpaired) electrons. The van der Waals surface area contributed by atoms with Crippen molar-refractivity contribution in [2.75, 3.05) is 26.7 Å². The third-order valence-electron chi connectivity index (χ3n) is 4.69. The Morgan fingerprint density at radius 3 is 2.75 bits per heavy atom. The van der Waals surface area contributed by atoms with Crippen molar-refractivity contribution in [1.29, 1.82) is 0 Å². The van der Waals surface area contributed by atoms with E-state index in [1.54, 1.807) is 7.11 Å². The standard InChI is InChI=1S/C19H31N3O2/c1-15(2)22-10-6-7-16(13-22)11-20-19(23)21-12-17-8-4-5-9-18(17)14-24-3/h4-5,8-9,15-16H,6-7,10-14H2,1-3H3,(H2,20,21,23)/t16-/m0/s1. The number of rotatable bonds is 7. The molecule has 5 heteroatoms. The van der Waals surface area contributed by atoms with Crippen LogP contribution < -0.4 is 10.6 Å². The predicted octanol–water partition coefficient (Wildman–Crippen LogP) is 2.75. The second-order valence-corrected chi connectivity index (χ2v) is 6.86. The second-order valence-electron chi connectivity index (χ2n) is 6.86. The minimum Gasteiger partial charge on any atom is -0.380 e. The summed E-state index contributed by atoms with van der Waals surface area (Å²) in [6.07, 6.45) is 2.41. The van der Waals surface area contributed by atoms with E-state index >= 15 is 0 Å². The number of carbonyl (C=O) groups excluding carboxylic acids is 1. The largest absolute Gasteiger partial charge is 0.380 e. The van der Waals surface area contributed by atoms with E-state index in [0.29, 0.717) is 25.1 Å². The number of methoxy groups -OCH3 is 1. The van der Waals surface area contributed by atoms with Crippen LogP contribution in [0, 0.1) is 5.92 Å². The maximum absolute atomic E-state index is 12.1. The molecule has 1 saturated heterocycles. The molecule has 2 N–H and O–H groups in total. The van der Waals surface area contributed by atoms with Crippen molar-refractivity contribution in [3.05, 3.63) is 35.4 Å². The molecule has 1 fully saturated rings. The third-order valence-corrected chi connectivity index (χ3v) is 4.69. The summed E-state index contributed by atoms with van der Waals surface area (Å²) in [4.78, 5) is 14.6. The number of nitrogens with one attached hydrogen (secondary N) is 2. The van der Waals surface area contributed by atoms with Gasteiger partial charge in [0.1, 0.15) is 0 Å². The molecular formula is C19H31N3O2. The van der Waals surface area contributed by atoms with Crippen LogP contribution in [0.1, 0.15) is 37.8 Å². The van der Waals surface area contributed by atoms with Crippen LogP contribution in [0.25, 0.3) is 0 Å². The fourth-order valence-corrected chi connectivity index (χ4v) is 3.23. The number of nitrogens with zero attached hydrogens (tertiary/aromatic N) is 1. The summed E-state index contributed by atoms with van der Waals surface area (Å²) in [7, 11) is 1.68. The highest BCUT2D eigenvalue weighted by atomic mass is 16.5. The van der Waals surface area contributed by atoms with E-state index in [4.69, 9.17) is 4.74 Å². The average molecular weight is 333 g/mol. The van der Waals surface area contributed by atoms with Gasteiger partial charge >= 0.3 is 6.03 Å². The van der Waals surface area contributed by atoms with Crippen molar-refractivity contribution >= 4 is 6.03 Å². The number of urea groups is 1. The van der Waals surface area contributed by atoms with E-state index in [0.717, 1.165) is 24.2 Å². The van der Waals surface area contributed by atoms with E-state index in [-0.39, 0.29) is 6.03 Å². The Hall–Kier alpha value is -1.59. The topological polar surface area (TPSA) is 53.6 Å². The Bertz CT molecular complexity index is 519. The lowest BCUT2D eigenvalue weighted by atomic mass is 9.97. The normalized spacial score (nSPS) is 18.6. The number of hydrogen-bond acceptors (Lipinski definition) is 3. The van der Waals surface area contributed by atoms with Crippen LogP contribution in [0.2, 0.25) is 0 Å². The van der Waals surface area contributed by atoms with Gasteiger partial charge in [-0.15, -0.1) is 0 Å². The molecule has 1 aromatic carbocycles. The average Bonchev–Trinajstić information content (AvgIpc) is 2.59. The lowest BCUT2D eigenvalue weighted by molar-refractivity contribution is 0.139. The van der Waals surface area contributed by atoms with Crippen molar-refractivity contribution in [2.45, 2.75) is 45.9 Å². The molecule has 24 heavy (non-hydrogen) atoms. The summed E-state index contributed by atoms with van der Waals surface area (Å²) >= 11 is 0. The summed E-state index contributed by atoms with van der Waals surface area (Å²) in [5.74, 6) is 0.549. The Morgan fingerprint density at radius 1 is 1.29 bits per heavy atom. The molecule has 134 valence electrons. The van der Waals surface area contributed by atoms with Crippen molar-refractivity contribution in [2.24, 2.45) is 5.92 Å². The van der Waals surface area contributed by atoms with E-state index in [1.165, 1.54) is 19.4 Å². The summed E-state index contributed by atoms with van der Waals surface area (Å²) in [6, 6.07) is 8.51. The van der Waals surface area contributed by atoms with Gasteiger partial charge in [0.2, 0.25) is 0 Å². The lowest BCUT2D eigenvalue weighted by Crippen LogP contribution is -2.45. The quantitative estimate of drug-likeness (QED) is 0.807. The van der Waals surface area contributed by atoms with Crippen molar-refractivity contribution < 1.29 is 9.53 Å². The van der Waals surface area contributed by atoms with E-state index in [2.05, 4.69) is 29.4 Å². The van der Waals surface area contributed by atoms with Gasteiger partial charge in [-0.2, -0.15) is 0 Å². The van der Waals surface area contributed by atoms with Gasteiger partial charge in [0.25, 0.3) is 0 Å². The molecule has 0 aliphatic carbocycles. The smallest absolute Gasteiger partial charge is 0.315 e. The highest BCUT2D eigenvalue weighted by molar-refractivity contribution is 5.73. The van der Waals surface area contributed by atoms with Crippen LogP contribution in [0.3, 0.4) is 0 Å². The zero-order valence-electron chi connectivity index (χ0n) is 15.2. The Morgan fingerprint density at radius 2 is 2.04 bits per heavy atom. The highest BCUT2D eigenvalue weighted by Gasteiger charge is 2.21. The molecule has 2 rings (SSSR count). The first-order valence-corrected chi connectivity index (χ1v) is 8.91.